The van der Waals surface area contributed by atoms with Gasteiger partial charge in [-0.05, 0) is 6.42 Å². The van der Waals surface area contributed by atoms with E-state index in [-0.39, 0.29) is 31.8 Å². The first-order valence-corrected chi connectivity index (χ1v) is 6.13. The Hall–Kier alpha value is -2.12. The summed E-state index contributed by atoms with van der Waals surface area (Å²) >= 11 is 0. The zero-order chi connectivity index (χ0) is 14.3. The van der Waals surface area contributed by atoms with Gasteiger partial charge in [0.25, 0.3) is 11.8 Å². The molecular formula is C11H17N3O5. The Balaban J connectivity index is 2.19. The van der Waals surface area contributed by atoms with Crippen molar-refractivity contribution in [2.45, 2.75) is 32.6 Å². The fourth-order valence-electron chi connectivity index (χ4n) is 1.38. The predicted octanol–water partition coefficient (Wildman–Crippen LogP) is -0.307. The number of urea groups is 1. The molecule has 0 unspecified atom stereocenters. The van der Waals surface area contributed by atoms with E-state index >= 15 is 0 Å². The second kappa shape index (κ2) is 7.34. The molecule has 0 aliphatic carbocycles. The van der Waals surface area contributed by atoms with E-state index in [1.807, 2.05) is 6.92 Å². The summed E-state index contributed by atoms with van der Waals surface area (Å²) in [6, 6.07) is -0.372. The molecule has 1 heterocycles. The molecule has 1 aliphatic heterocycles. The van der Waals surface area contributed by atoms with Gasteiger partial charge in [0.1, 0.15) is 0 Å². The van der Waals surface area contributed by atoms with Crippen LogP contribution in [0.25, 0.3) is 0 Å². The molecule has 8 nitrogen and oxygen atoms in total. The summed E-state index contributed by atoms with van der Waals surface area (Å²) in [5.74, 6) is -1.78. The number of imide groups is 1. The summed E-state index contributed by atoms with van der Waals surface area (Å²) in [6.45, 7) is 2.54. The largest absolute Gasteiger partial charge is 0.338 e. The average molecular weight is 271 g/mol. The smallest absolute Gasteiger partial charge is 0.334 e. The van der Waals surface area contributed by atoms with Crippen LogP contribution in [0, 0.1) is 0 Å². The van der Waals surface area contributed by atoms with Gasteiger partial charge in [0.15, 0.2) is 0 Å². The fourth-order valence-corrected chi connectivity index (χ4v) is 1.38. The Morgan fingerprint density at radius 2 is 1.74 bits per heavy atom. The van der Waals surface area contributed by atoms with Gasteiger partial charge in [0, 0.05) is 25.9 Å². The molecule has 0 saturated carbocycles. The van der Waals surface area contributed by atoms with E-state index in [2.05, 4.69) is 15.5 Å². The van der Waals surface area contributed by atoms with Crippen LogP contribution in [0.2, 0.25) is 0 Å². The third-order valence-corrected chi connectivity index (χ3v) is 2.35. The highest BCUT2D eigenvalue weighted by atomic mass is 16.7. The predicted molar refractivity (Wildman–Crippen MR) is 63.5 cm³/mol. The maximum absolute atomic E-state index is 11.3. The summed E-state index contributed by atoms with van der Waals surface area (Å²) < 4.78 is 0. The van der Waals surface area contributed by atoms with Gasteiger partial charge < -0.3 is 15.5 Å². The molecule has 0 radical (unpaired) electrons. The van der Waals surface area contributed by atoms with E-state index < -0.39 is 17.8 Å². The van der Waals surface area contributed by atoms with E-state index in [0.29, 0.717) is 11.6 Å². The van der Waals surface area contributed by atoms with Crippen molar-refractivity contribution in [2.24, 2.45) is 0 Å². The lowest BCUT2D eigenvalue weighted by Crippen LogP contribution is -2.38. The zero-order valence-corrected chi connectivity index (χ0v) is 10.7. The Morgan fingerprint density at radius 1 is 1.16 bits per heavy atom. The van der Waals surface area contributed by atoms with Crippen molar-refractivity contribution < 1.29 is 24.0 Å². The summed E-state index contributed by atoms with van der Waals surface area (Å²) in [5, 5.41) is 5.51. The number of carbonyl (C=O) groups excluding carboxylic acids is 4. The molecule has 8 heteroatoms. The fraction of sp³-hybridized carbons (Fsp3) is 0.636. The van der Waals surface area contributed by atoms with E-state index in [1.54, 1.807) is 0 Å². The first-order chi connectivity index (χ1) is 9.04. The molecule has 0 aromatic carbocycles. The molecular weight excluding hydrogens is 254 g/mol. The number of carbonyl (C=O) groups is 4. The van der Waals surface area contributed by atoms with Gasteiger partial charge in [0.2, 0.25) is 0 Å². The van der Waals surface area contributed by atoms with Gasteiger partial charge in [0.05, 0.1) is 6.42 Å². The van der Waals surface area contributed by atoms with Gasteiger partial charge in [-0.3, -0.25) is 9.59 Å². The molecule has 2 N–H and O–H groups in total. The van der Waals surface area contributed by atoms with Gasteiger partial charge >= 0.3 is 12.0 Å². The zero-order valence-electron chi connectivity index (χ0n) is 10.7. The maximum atomic E-state index is 11.3. The standard InChI is InChI=1S/C11H17N3O5/c1-2-6-12-11(18)13-7-5-10(17)19-14-8(15)3-4-9(14)16/h2-7H2,1H3,(H2,12,13,18). The first kappa shape index (κ1) is 14.9. The van der Waals surface area contributed by atoms with E-state index in [0.717, 1.165) is 6.42 Å². The Bertz CT molecular complexity index is 367. The van der Waals surface area contributed by atoms with Crippen molar-refractivity contribution in [1.82, 2.24) is 15.7 Å². The highest BCUT2D eigenvalue weighted by Crippen LogP contribution is 2.12. The SMILES string of the molecule is CCCNC(=O)NCCC(=O)ON1C(=O)CCC1=O. The number of amides is 4. The summed E-state index contributed by atoms with van der Waals surface area (Å²) in [7, 11) is 0. The minimum atomic E-state index is -0.737. The van der Waals surface area contributed by atoms with E-state index in [4.69, 9.17) is 0 Å². The lowest BCUT2D eigenvalue weighted by Gasteiger charge is -2.12. The van der Waals surface area contributed by atoms with E-state index in [9.17, 15) is 19.2 Å². The molecule has 0 atom stereocenters. The lowest BCUT2D eigenvalue weighted by molar-refractivity contribution is -0.197. The van der Waals surface area contributed by atoms with Crippen LogP contribution < -0.4 is 10.6 Å². The number of nitrogens with one attached hydrogen (secondary N) is 2. The third-order valence-electron chi connectivity index (χ3n) is 2.35. The van der Waals surface area contributed by atoms with Crippen LogP contribution in [-0.2, 0) is 19.2 Å². The molecule has 0 bridgehead atoms. The van der Waals surface area contributed by atoms with Gasteiger partial charge in [-0.25, -0.2) is 9.59 Å². The normalized spacial score (nSPS) is 14.5. The van der Waals surface area contributed by atoms with Crippen LogP contribution in [0.1, 0.15) is 32.6 Å². The molecule has 4 amide bonds. The molecule has 19 heavy (non-hydrogen) atoms. The molecule has 106 valence electrons. The van der Waals surface area contributed by atoms with Gasteiger partial charge in [-0.15, -0.1) is 5.06 Å². The molecule has 0 aromatic rings. The Kier molecular flexibility index (Phi) is 5.77. The van der Waals surface area contributed by atoms with Crippen LogP contribution in [0.3, 0.4) is 0 Å². The number of hydrogen-bond donors (Lipinski definition) is 2. The lowest BCUT2D eigenvalue weighted by atomic mass is 10.4. The maximum Gasteiger partial charge on any atom is 0.334 e. The minimum absolute atomic E-state index is 0.0593. The van der Waals surface area contributed by atoms with Crippen molar-refractivity contribution in [3.63, 3.8) is 0 Å². The average Bonchev–Trinajstić information content (AvgIpc) is 2.68. The van der Waals surface area contributed by atoms with Crippen molar-refractivity contribution in [2.75, 3.05) is 13.1 Å². The first-order valence-electron chi connectivity index (χ1n) is 6.13. The van der Waals surface area contributed by atoms with Crippen LogP contribution in [0.15, 0.2) is 0 Å². The number of hydroxylamine groups is 2. The van der Waals surface area contributed by atoms with Crippen LogP contribution in [-0.4, -0.2) is 42.0 Å². The second-order valence-corrected chi connectivity index (χ2v) is 3.98. The topological polar surface area (TPSA) is 105 Å². The summed E-state index contributed by atoms with van der Waals surface area (Å²) in [4.78, 5) is 49.4. The van der Waals surface area contributed by atoms with Crippen LogP contribution in [0.5, 0.6) is 0 Å². The van der Waals surface area contributed by atoms with Crippen molar-refractivity contribution in [3.8, 4) is 0 Å². The number of nitrogens with zero attached hydrogens (tertiary/aromatic N) is 1. The number of rotatable bonds is 6. The molecule has 1 rings (SSSR count). The molecule has 1 saturated heterocycles. The minimum Gasteiger partial charge on any atom is -0.338 e. The van der Waals surface area contributed by atoms with Crippen molar-refractivity contribution >= 4 is 23.8 Å². The van der Waals surface area contributed by atoms with E-state index in [1.165, 1.54) is 0 Å². The highest BCUT2D eigenvalue weighted by Gasteiger charge is 2.32. The van der Waals surface area contributed by atoms with Crippen LogP contribution >= 0.6 is 0 Å². The third kappa shape index (κ3) is 4.94. The molecule has 0 aromatic heterocycles. The van der Waals surface area contributed by atoms with Crippen molar-refractivity contribution in [3.05, 3.63) is 0 Å². The Morgan fingerprint density at radius 3 is 2.32 bits per heavy atom. The van der Waals surface area contributed by atoms with Crippen molar-refractivity contribution in [1.29, 1.82) is 0 Å². The quantitative estimate of drug-likeness (QED) is 0.645. The summed E-state index contributed by atoms with van der Waals surface area (Å²) in [5.41, 5.74) is 0. The van der Waals surface area contributed by atoms with Crippen LogP contribution in [0.4, 0.5) is 4.79 Å². The number of hydrogen-bond acceptors (Lipinski definition) is 5. The monoisotopic (exact) mass is 271 g/mol. The van der Waals surface area contributed by atoms with Gasteiger partial charge in [-0.1, -0.05) is 6.92 Å². The summed E-state index contributed by atoms with van der Waals surface area (Å²) in [6.07, 6.45) is 0.818. The highest BCUT2D eigenvalue weighted by molar-refractivity contribution is 6.01. The molecule has 1 aliphatic rings. The second-order valence-electron chi connectivity index (χ2n) is 3.98. The molecule has 0 spiro atoms. The molecule has 1 fully saturated rings. The van der Waals surface area contributed by atoms with Gasteiger partial charge in [-0.2, -0.15) is 0 Å². The Labute approximate surface area is 110 Å².